The molecule has 3 nitrogen and oxygen atoms in total. The van der Waals surface area contributed by atoms with Crippen molar-refractivity contribution in [3.05, 3.63) is 34.2 Å². The van der Waals surface area contributed by atoms with Gasteiger partial charge < -0.3 is 10.1 Å². The summed E-state index contributed by atoms with van der Waals surface area (Å²) in [7, 11) is 3.69. The van der Waals surface area contributed by atoms with Crippen molar-refractivity contribution in [2.24, 2.45) is 0 Å². The zero-order valence-electron chi connectivity index (χ0n) is 13.4. The molecule has 2 atom stereocenters. The number of methoxy groups -OCH3 is 1. The Morgan fingerprint density at radius 3 is 2.71 bits per heavy atom. The van der Waals surface area contributed by atoms with Gasteiger partial charge in [0, 0.05) is 10.9 Å². The minimum absolute atomic E-state index is 0.288. The number of nitrogens with one attached hydrogen (secondary N) is 1. The van der Waals surface area contributed by atoms with Gasteiger partial charge in [0.25, 0.3) is 0 Å². The lowest BCUT2D eigenvalue weighted by Gasteiger charge is -2.15. The van der Waals surface area contributed by atoms with E-state index in [2.05, 4.69) is 49.7 Å². The molecule has 0 aliphatic rings. The normalized spacial score (nSPS) is 14.0. The molecule has 0 aliphatic heterocycles. The van der Waals surface area contributed by atoms with Crippen molar-refractivity contribution in [1.29, 1.82) is 0 Å². The zero-order valence-corrected chi connectivity index (χ0v) is 14.3. The Morgan fingerprint density at radius 1 is 1.33 bits per heavy atom. The van der Waals surface area contributed by atoms with Crippen LogP contribution in [0, 0.1) is 0 Å². The zero-order chi connectivity index (χ0) is 15.4. The molecule has 1 aromatic heterocycles. The fraction of sp³-hybridized carbons (Fsp3) is 0.471. The van der Waals surface area contributed by atoms with Crippen molar-refractivity contribution in [2.75, 3.05) is 14.2 Å². The van der Waals surface area contributed by atoms with E-state index in [9.17, 15) is 0 Å². The summed E-state index contributed by atoms with van der Waals surface area (Å²) in [4.78, 5) is 4.75. The van der Waals surface area contributed by atoms with Crippen LogP contribution in [0.5, 0.6) is 5.75 Å². The summed E-state index contributed by atoms with van der Waals surface area (Å²) in [5, 5.41) is 6.48. The van der Waals surface area contributed by atoms with E-state index < -0.39 is 0 Å². The molecule has 0 aliphatic carbocycles. The van der Waals surface area contributed by atoms with Crippen LogP contribution in [0.1, 0.15) is 49.7 Å². The molecule has 2 unspecified atom stereocenters. The number of aromatic nitrogens is 1. The topological polar surface area (TPSA) is 34.2 Å². The van der Waals surface area contributed by atoms with Crippen LogP contribution in [0.25, 0.3) is 11.3 Å². The Kier molecular flexibility index (Phi) is 5.37. The van der Waals surface area contributed by atoms with Crippen LogP contribution in [0.2, 0.25) is 0 Å². The minimum atomic E-state index is 0.288. The number of hydrogen-bond acceptors (Lipinski definition) is 4. The second-order valence-electron chi connectivity index (χ2n) is 5.35. The van der Waals surface area contributed by atoms with Crippen molar-refractivity contribution in [1.82, 2.24) is 10.3 Å². The molecule has 0 radical (unpaired) electrons. The predicted octanol–water partition coefficient (Wildman–Crippen LogP) is 4.61. The van der Waals surface area contributed by atoms with Gasteiger partial charge in [-0.2, -0.15) is 0 Å². The second-order valence-corrected chi connectivity index (χ2v) is 6.24. The van der Waals surface area contributed by atoms with Gasteiger partial charge in [-0.05, 0) is 50.1 Å². The molecule has 1 heterocycles. The summed E-state index contributed by atoms with van der Waals surface area (Å²) < 4.78 is 5.49. The molecule has 21 heavy (non-hydrogen) atoms. The first kappa shape index (κ1) is 16.0. The van der Waals surface area contributed by atoms with Crippen LogP contribution in [0.15, 0.2) is 23.6 Å². The van der Waals surface area contributed by atoms with Crippen molar-refractivity contribution in [2.45, 2.75) is 39.2 Å². The maximum absolute atomic E-state index is 5.49. The molecule has 0 saturated carbocycles. The van der Waals surface area contributed by atoms with Crippen molar-refractivity contribution < 1.29 is 4.74 Å². The maximum Gasteiger partial charge on any atom is 0.122 e. The van der Waals surface area contributed by atoms with E-state index in [1.54, 1.807) is 18.4 Å². The fourth-order valence-electron chi connectivity index (χ4n) is 2.24. The van der Waals surface area contributed by atoms with Crippen LogP contribution in [-0.2, 0) is 0 Å². The molecule has 0 fully saturated rings. The summed E-state index contributed by atoms with van der Waals surface area (Å²) >= 11 is 1.70. The lowest BCUT2D eigenvalue weighted by atomic mass is 9.95. The monoisotopic (exact) mass is 304 g/mol. The van der Waals surface area contributed by atoms with Gasteiger partial charge in [0.05, 0.1) is 18.8 Å². The van der Waals surface area contributed by atoms with Crippen molar-refractivity contribution >= 4 is 11.3 Å². The third-order valence-electron chi connectivity index (χ3n) is 3.99. The minimum Gasteiger partial charge on any atom is -0.496 e. The molecule has 1 N–H and O–H groups in total. The summed E-state index contributed by atoms with van der Waals surface area (Å²) in [5.74, 6) is 1.45. The molecular formula is C17H24N2OS. The maximum atomic E-state index is 5.49. The number of thiazole rings is 1. The van der Waals surface area contributed by atoms with E-state index in [0.29, 0.717) is 5.92 Å². The quantitative estimate of drug-likeness (QED) is 0.846. The number of ether oxygens (including phenoxy) is 1. The molecule has 2 rings (SSSR count). The van der Waals surface area contributed by atoms with E-state index in [4.69, 9.17) is 9.72 Å². The van der Waals surface area contributed by atoms with Gasteiger partial charge in [-0.15, -0.1) is 11.3 Å². The van der Waals surface area contributed by atoms with Crippen molar-refractivity contribution in [3.63, 3.8) is 0 Å². The van der Waals surface area contributed by atoms with Gasteiger partial charge in [0.1, 0.15) is 10.8 Å². The highest BCUT2D eigenvalue weighted by molar-refractivity contribution is 7.10. The molecule has 114 valence electrons. The predicted molar refractivity (Wildman–Crippen MR) is 90.3 cm³/mol. The SMILES string of the molecule is CCC(C)c1cc(-c2csc(C(C)NC)n2)ccc1OC. The highest BCUT2D eigenvalue weighted by atomic mass is 32.1. The first-order valence-corrected chi connectivity index (χ1v) is 8.29. The molecular weight excluding hydrogens is 280 g/mol. The lowest BCUT2D eigenvalue weighted by molar-refractivity contribution is 0.406. The number of benzene rings is 1. The van der Waals surface area contributed by atoms with Crippen LogP contribution in [0.3, 0.4) is 0 Å². The Labute approximate surface area is 131 Å². The average molecular weight is 304 g/mol. The molecule has 0 amide bonds. The van der Waals surface area contributed by atoms with Gasteiger partial charge in [-0.1, -0.05) is 13.8 Å². The molecule has 4 heteroatoms. The van der Waals surface area contributed by atoms with Gasteiger partial charge in [0.15, 0.2) is 0 Å². The number of nitrogens with zero attached hydrogens (tertiary/aromatic N) is 1. The van der Waals surface area contributed by atoms with Gasteiger partial charge >= 0.3 is 0 Å². The summed E-state index contributed by atoms with van der Waals surface area (Å²) in [5.41, 5.74) is 3.47. The standard InChI is InChI=1S/C17H24N2OS/c1-6-11(2)14-9-13(7-8-16(14)20-5)15-10-21-17(19-15)12(3)18-4/h7-12,18H,6H2,1-5H3. The van der Waals surface area contributed by atoms with Gasteiger partial charge in [0.2, 0.25) is 0 Å². The van der Waals surface area contributed by atoms with Gasteiger partial charge in [-0.3, -0.25) is 0 Å². The van der Waals surface area contributed by atoms with Crippen LogP contribution in [0.4, 0.5) is 0 Å². The molecule has 1 aromatic carbocycles. The number of hydrogen-bond donors (Lipinski definition) is 1. The highest BCUT2D eigenvalue weighted by Crippen LogP contribution is 2.34. The smallest absolute Gasteiger partial charge is 0.122 e. The number of rotatable bonds is 6. The molecule has 0 bridgehead atoms. The molecule has 0 spiro atoms. The van der Waals surface area contributed by atoms with Crippen molar-refractivity contribution in [3.8, 4) is 17.0 Å². The Hall–Kier alpha value is -1.39. The van der Waals surface area contributed by atoms with Crippen LogP contribution >= 0.6 is 11.3 Å². The molecule has 2 aromatic rings. The van der Waals surface area contributed by atoms with E-state index in [1.807, 2.05) is 7.05 Å². The van der Waals surface area contributed by atoms with Gasteiger partial charge in [-0.25, -0.2) is 4.98 Å². The lowest BCUT2D eigenvalue weighted by Crippen LogP contribution is -2.11. The van der Waals surface area contributed by atoms with E-state index in [0.717, 1.165) is 28.4 Å². The first-order chi connectivity index (χ1) is 10.1. The highest BCUT2D eigenvalue weighted by Gasteiger charge is 2.14. The van der Waals surface area contributed by atoms with Crippen LogP contribution in [-0.4, -0.2) is 19.1 Å². The van der Waals surface area contributed by atoms with E-state index in [1.165, 1.54) is 5.56 Å². The average Bonchev–Trinajstić information content (AvgIpc) is 3.02. The van der Waals surface area contributed by atoms with Crippen LogP contribution < -0.4 is 10.1 Å². The largest absolute Gasteiger partial charge is 0.496 e. The Morgan fingerprint density at radius 2 is 2.10 bits per heavy atom. The van der Waals surface area contributed by atoms with E-state index in [-0.39, 0.29) is 6.04 Å². The second kappa shape index (κ2) is 7.05. The van der Waals surface area contributed by atoms with E-state index >= 15 is 0 Å². The first-order valence-electron chi connectivity index (χ1n) is 7.41. The third kappa shape index (κ3) is 3.44. The summed E-state index contributed by atoms with van der Waals surface area (Å²) in [6, 6.07) is 6.65. The summed E-state index contributed by atoms with van der Waals surface area (Å²) in [6.07, 6.45) is 1.10. The summed E-state index contributed by atoms with van der Waals surface area (Å²) in [6.45, 7) is 6.56. The Balaban J connectivity index is 2.38. The Bertz CT molecular complexity index is 594. The third-order valence-corrected chi connectivity index (χ3v) is 5.02. The fourth-order valence-corrected chi connectivity index (χ4v) is 3.14. The molecule has 0 saturated heterocycles.